The van der Waals surface area contributed by atoms with E-state index in [0.717, 1.165) is 42.8 Å². The molecule has 2 amide bonds. The van der Waals surface area contributed by atoms with Crippen molar-refractivity contribution in [3.8, 4) is 0 Å². The fraction of sp³-hybridized carbons (Fsp3) is 0.667. The van der Waals surface area contributed by atoms with E-state index in [9.17, 15) is 9.59 Å². The van der Waals surface area contributed by atoms with Gasteiger partial charge in [-0.2, -0.15) is 0 Å². The van der Waals surface area contributed by atoms with E-state index >= 15 is 0 Å². The molecule has 4 aliphatic rings. The maximum atomic E-state index is 13.3. The van der Waals surface area contributed by atoms with Crippen molar-refractivity contribution in [2.75, 3.05) is 12.3 Å². The van der Waals surface area contributed by atoms with E-state index in [-0.39, 0.29) is 23.1 Å². The van der Waals surface area contributed by atoms with Crippen molar-refractivity contribution in [3.63, 3.8) is 0 Å². The van der Waals surface area contributed by atoms with Gasteiger partial charge in [0.2, 0.25) is 11.8 Å². The number of amides is 2. The van der Waals surface area contributed by atoms with Crippen LogP contribution in [0.4, 0.5) is 0 Å². The summed E-state index contributed by atoms with van der Waals surface area (Å²) in [4.78, 5) is 27.4. The van der Waals surface area contributed by atoms with Gasteiger partial charge in [0.15, 0.2) is 0 Å². The van der Waals surface area contributed by atoms with Gasteiger partial charge in [-0.25, -0.2) is 0 Å². The van der Waals surface area contributed by atoms with Crippen LogP contribution in [-0.2, 0) is 9.59 Å². The summed E-state index contributed by atoms with van der Waals surface area (Å²) >= 11 is 1.73. The summed E-state index contributed by atoms with van der Waals surface area (Å²) in [6.07, 6.45) is 7.06. The zero-order valence-electron chi connectivity index (χ0n) is 17.7. The molecule has 0 heterocycles. The van der Waals surface area contributed by atoms with E-state index < -0.39 is 6.04 Å². The first kappa shape index (κ1) is 20.8. The highest BCUT2D eigenvalue weighted by Gasteiger charge is 2.55. The van der Waals surface area contributed by atoms with E-state index in [0.29, 0.717) is 6.54 Å². The first-order valence-corrected chi connectivity index (χ1v) is 12.2. The minimum Gasteiger partial charge on any atom is -0.353 e. The van der Waals surface area contributed by atoms with Gasteiger partial charge in [-0.15, -0.1) is 11.8 Å². The van der Waals surface area contributed by atoms with Crippen LogP contribution in [0.15, 0.2) is 35.2 Å². The van der Waals surface area contributed by atoms with Crippen molar-refractivity contribution in [1.29, 1.82) is 0 Å². The van der Waals surface area contributed by atoms with Crippen LogP contribution >= 0.6 is 11.8 Å². The normalized spacial score (nSPS) is 30.9. The van der Waals surface area contributed by atoms with E-state index in [1.54, 1.807) is 11.8 Å². The molecule has 0 radical (unpaired) electrons. The predicted octanol–water partition coefficient (Wildman–Crippen LogP) is 4.25. The van der Waals surface area contributed by atoms with Gasteiger partial charge >= 0.3 is 0 Å². The van der Waals surface area contributed by atoms with Crippen molar-refractivity contribution in [3.05, 3.63) is 30.3 Å². The van der Waals surface area contributed by atoms with Gasteiger partial charge in [0.05, 0.1) is 0 Å². The lowest BCUT2D eigenvalue weighted by molar-refractivity contribution is -0.149. The third kappa shape index (κ3) is 4.65. The number of nitrogens with one attached hydrogen (secondary N) is 2. The fourth-order valence-corrected chi connectivity index (χ4v) is 6.98. The highest BCUT2D eigenvalue weighted by molar-refractivity contribution is 7.99. The Hall–Kier alpha value is -1.49. The average molecular weight is 415 g/mol. The third-order valence-corrected chi connectivity index (χ3v) is 8.18. The number of rotatable bonds is 8. The Morgan fingerprint density at radius 1 is 1.03 bits per heavy atom. The number of hydrogen-bond acceptors (Lipinski definition) is 3. The summed E-state index contributed by atoms with van der Waals surface area (Å²) in [7, 11) is 0. The maximum absolute atomic E-state index is 13.3. The minimum absolute atomic E-state index is 0.0493. The van der Waals surface area contributed by atoms with Crippen molar-refractivity contribution in [1.82, 2.24) is 10.6 Å². The van der Waals surface area contributed by atoms with Crippen molar-refractivity contribution in [2.45, 2.75) is 63.3 Å². The Morgan fingerprint density at radius 3 is 2.17 bits per heavy atom. The molecule has 4 bridgehead atoms. The second kappa shape index (κ2) is 8.71. The van der Waals surface area contributed by atoms with Gasteiger partial charge in [0.25, 0.3) is 0 Å². The Kier molecular flexibility index (Phi) is 6.24. The number of hydrogen-bond donors (Lipinski definition) is 2. The summed E-state index contributed by atoms with van der Waals surface area (Å²) < 4.78 is 0. The van der Waals surface area contributed by atoms with Crippen molar-refractivity contribution < 1.29 is 9.59 Å². The molecule has 1 aromatic rings. The summed E-state index contributed by atoms with van der Waals surface area (Å²) in [6.45, 7) is 4.64. The molecule has 4 nitrogen and oxygen atoms in total. The number of benzene rings is 1. The summed E-state index contributed by atoms with van der Waals surface area (Å²) in [5.74, 6) is 3.18. The molecule has 0 unspecified atom stereocenters. The van der Waals surface area contributed by atoms with E-state index in [1.807, 2.05) is 32.0 Å². The van der Waals surface area contributed by atoms with Gasteiger partial charge in [0.1, 0.15) is 6.04 Å². The van der Waals surface area contributed by atoms with Crippen LogP contribution in [-0.4, -0.2) is 30.2 Å². The lowest BCUT2D eigenvalue weighted by Crippen LogP contribution is -2.58. The molecule has 1 aromatic carbocycles. The lowest BCUT2D eigenvalue weighted by atomic mass is 9.49. The molecular weight excluding hydrogens is 380 g/mol. The molecule has 4 fully saturated rings. The Balaban J connectivity index is 1.30. The molecule has 5 heteroatoms. The van der Waals surface area contributed by atoms with Crippen LogP contribution in [0.1, 0.15) is 52.4 Å². The SMILES string of the molecule is CC(C)[C@@H](NC(=O)C12CC3CC(CC(C3)C1)C2)C(=O)NCCSc1ccccc1. The quantitative estimate of drug-likeness (QED) is 0.494. The molecule has 1 atom stereocenters. The molecular formula is C24H34N2O2S. The summed E-state index contributed by atoms with van der Waals surface area (Å²) in [6, 6.07) is 9.76. The topological polar surface area (TPSA) is 58.2 Å². The smallest absolute Gasteiger partial charge is 0.242 e. The maximum Gasteiger partial charge on any atom is 0.242 e. The fourth-order valence-electron chi connectivity index (χ4n) is 6.19. The molecule has 4 aliphatic carbocycles. The molecule has 0 spiro atoms. The Bertz CT molecular complexity index is 698. The highest BCUT2D eigenvalue weighted by Crippen LogP contribution is 2.60. The standard InChI is InChI=1S/C24H34N2O2S/c1-16(2)21(22(27)25-8-9-29-20-6-4-3-5-7-20)26-23(28)24-13-17-10-18(14-24)12-19(11-17)15-24/h3-7,16-19,21H,8-15H2,1-2H3,(H,25,27)(H,26,28)/t17?,18?,19?,21-,24?/m1/s1. The van der Waals surface area contributed by atoms with Crippen LogP contribution < -0.4 is 10.6 Å². The van der Waals surface area contributed by atoms with Gasteiger partial charge in [-0.3, -0.25) is 9.59 Å². The van der Waals surface area contributed by atoms with Crippen LogP contribution in [0.25, 0.3) is 0 Å². The molecule has 29 heavy (non-hydrogen) atoms. The zero-order valence-corrected chi connectivity index (χ0v) is 18.5. The molecule has 5 rings (SSSR count). The Labute approximate surface area is 179 Å². The second-order valence-electron chi connectivity index (χ2n) is 9.85. The van der Waals surface area contributed by atoms with Crippen LogP contribution in [0.3, 0.4) is 0 Å². The van der Waals surface area contributed by atoms with Crippen LogP contribution in [0, 0.1) is 29.1 Å². The zero-order chi connectivity index (χ0) is 20.4. The second-order valence-corrected chi connectivity index (χ2v) is 11.0. The Morgan fingerprint density at radius 2 is 1.62 bits per heavy atom. The average Bonchev–Trinajstić information content (AvgIpc) is 2.68. The van der Waals surface area contributed by atoms with Crippen molar-refractivity contribution >= 4 is 23.6 Å². The summed E-state index contributed by atoms with van der Waals surface area (Å²) in [5, 5.41) is 6.21. The lowest BCUT2D eigenvalue weighted by Gasteiger charge is -2.55. The third-order valence-electron chi connectivity index (χ3n) is 7.17. The molecule has 0 aliphatic heterocycles. The van der Waals surface area contributed by atoms with Gasteiger partial charge in [-0.1, -0.05) is 32.0 Å². The van der Waals surface area contributed by atoms with Crippen LogP contribution in [0.2, 0.25) is 0 Å². The number of carbonyl (C=O) groups is 2. The van der Waals surface area contributed by atoms with Gasteiger partial charge in [-0.05, 0) is 74.3 Å². The van der Waals surface area contributed by atoms with Gasteiger partial charge < -0.3 is 10.6 Å². The van der Waals surface area contributed by atoms with E-state index in [4.69, 9.17) is 0 Å². The van der Waals surface area contributed by atoms with E-state index in [2.05, 4.69) is 22.8 Å². The first-order valence-electron chi connectivity index (χ1n) is 11.2. The molecule has 0 aromatic heterocycles. The molecule has 4 saturated carbocycles. The van der Waals surface area contributed by atoms with Crippen molar-refractivity contribution in [2.24, 2.45) is 29.1 Å². The van der Waals surface area contributed by atoms with Gasteiger partial charge in [0, 0.05) is 22.6 Å². The highest BCUT2D eigenvalue weighted by atomic mass is 32.2. The molecule has 0 saturated heterocycles. The van der Waals surface area contributed by atoms with Crippen LogP contribution in [0.5, 0.6) is 0 Å². The van der Waals surface area contributed by atoms with E-state index in [1.165, 1.54) is 24.2 Å². The minimum atomic E-state index is -0.447. The largest absolute Gasteiger partial charge is 0.353 e. The molecule has 2 N–H and O–H groups in total. The number of thioether (sulfide) groups is 1. The predicted molar refractivity (Wildman–Crippen MR) is 118 cm³/mol. The monoisotopic (exact) mass is 414 g/mol. The summed E-state index contributed by atoms with van der Waals surface area (Å²) in [5.41, 5.74) is -0.203. The first-order chi connectivity index (χ1) is 13.9. The number of carbonyl (C=O) groups excluding carboxylic acids is 2. The molecule has 158 valence electrons.